The SMILES string of the molecule is CC1CN(C(=O)CSC2=NC(C3CCCC3)=NC3=[N+](C)C(=O)N(C)C(=O)C23)CC(C)O1. The average Bonchev–Trinajstić information content (AvgIpc) is 3.28. The summed E-state index contributed by atoms with van der Waals surface area (Å²) >= 11 is 1.29. The van der Waals surface area contributed by atoms with E-state index in [2.05, 4.69) is 4.99 Å². The van der Waals surface area contributed by atoms with Crippen molar-refractivity contribution in [2.45, 2.75) is 51.7 Å². The summed E-state index contributed by atoms with van der Waals surface area (Å²) in [5.41, 5.74) is 0. The number of urea groups is 1. The van der Waals surface area contributed by atoms with Crippen molar-refractivity contribution in [3.8, 4) is 0 Å². The molecule has 3 aliphatic heterocycles. The number of morpholine rings is 1. The highest BCUT2D eigenvalue weighted by Crippen LogP contribution is 2.32. The third-order valence-corrected chi connectivity index (χ3v) is 7.30. The lowest BCUT2D eigenvalue weighted by molar-refractivity contribution is -0.407. The lowest BCUT2D eigenvalue weighted by Gasteiger charge is -2.35. The smallest absolute Gasteiger partial charge is 0.372 e. The molecule has 9 nitrogen and oxygen atoms in total. The van der Waals surface area contributed by atoms with Crippen LogP contribution in [0.25, 0.3) is 0 Å². The third-order valence-electron chi connectivity index (χ3n) is 6.29. The number of hydrogen-bond acceptors (Lipinski definition) is 7. The molecule has 168 valence electrons. The van der Waals surface area contributed by atoms with E-state index in [-0.39, 0.29) is 35.7 Å². The normalized spacial score (nSPS) is 29.9. The molecule has 0 spiro atoms. The number of carbonyl (C=O) groups is 3. The topological polar surface area (TPSA) is 94.6 Å². The number of amidine groups is 2. The first-order chi connectivity index (χ1) is 14.8. The molecule has 1 saturated carbocycles. The number of carbonyl (C=O) groups excluding carboxylic acids is 3. The number of aliphatic imine (C=N–C) groups is 2. The van der Waals surface area contributed by atoms with Gasteiger partial charge in [0.1, 0.15) is 5.04 Å². The standard InChI is InChI=1S/C21H30N5O4S/c1-12-9-26(10-13(2)30-12)15(27)11-31-19-16-18(24(3)21(29)25(4)20(16)28)22-17(23-19)14-7-5-6-8-14/h12-14,16H,5-11H2,1-4H3/q+1. The summed E-state index contributed by atoms with van der Waals surface area (Å²) in [5, 5.41) is 0.561. The molecule has 3 unspecified atom stereocenters. The molecule has 2 fully saturated rings. The van der Waals surface area contributed by atoms with Crippen LogP contribution in [0.5, 0.6) is 0 Å². The van der Waals surface area contributed by atoms with Crippen LogP contribution in [0.4, 0.5) is 4.79 Å². The predicted octanol–water partition coefficient (Wildman–Crippen LogP) is 1.61. The van der Waals surface area contributed by atoms with E-state index in [1.165, 1.54) is 23.4 Å². The van der Waals surface area contributed by atoms with Crippen molar-refractivity contribution in [1.29, 1.82) is 0 Å². The minimum absolute atomic E-state index is 0.000932. The van der Waals surface area contributed by atoms with Gasteiger partial charge in [0.05, 0.1) is 32.1 Å². The number of rotatable bonds is 3. The van der Waals surface area contributed by atoms with Crippen molar-refractivity contribution in [2.75, 3.05) is 32.9 Å². The van der Waals surface area contributed by atoms with E-state index < -0.39 is 11.9 Å². The predicted molar refractivity (Wildman–Crippen MR) is 119 cm³/mol. The van der Waals surface area contributed by atoms with Crippen LogP contribution in [0.1, 0.15) is 39.5 Å². The van der Waals surface area contributed by atoms with Crippen molar-refractivity contribution in [1.82, 2.24) is 9.80 Å². The molecule has 1 aliphatic carbocycles. The molecular weight excluding hydrogens is 418 g/mol. The van der Waals surface area contributed by atoms with Gasteiger partial charge < -0.3 is 9.64 Å². The van der Waals surface area contributed by atoms with Gasteiger partial charge in [-0.2, -0.15) is 9.48 Å². The molecule has 31 heavy (non-hydrogen) atoms. The zero-order valence-electron chi connectivity index (χ0n) is 18.5. The van der Waals surface area contributed by atoms with Crippen LogP contribution in [-0.2, 0) is 14.3 Å². The first kappa shape index (κ1) is 22.1. The monoisotopic (exact) mass is 448 g/mol. The third kappa shape index (κ3) is 4.32. The van der Waals surface area contributed by atoms with E-state index >= 15 is 0 Å². The Bertz CT molecular complexity index is 882. The maximum atomic E-state index is 13.0. The molecule has 10 heteroatoms. The van der Waals surface area contributed by atoms with Crippen LogP contribution >= 0.6 is 11.8 Å². The molecule has 3 atom stereocenters. The summed E-state index contributed by atoms with van der Waals surface area (Å²) < 4.78 is 7.15. The number of fused-ring (bicyclic) bond motifs is 1. The molecule has 0 aromatic heterocycles. The Hall–Kier alpha value is -2.07. The molecule has 0 radical (unpaired) electrons. The van der Waals surface area contributed by atoms with Crippen molar-refractivity contribution in [3.63, 3.8) is 0 Å². The average molecular weight is 449 g/mol. The molecule has 3 heterocycles. The molecule has 0 N–H and O–H groups in total. The van der Waals surface area contributed by atoms with Crippen molar-refractivity contribution in [3.05, 3.63) is 0 Å². The van der Waals surface area contributed by atoms with Crippen LogP contribution in [0.3, 0.4) is 0 Å². The summed E-state index contributed by atoms with van der Waals surface area (Å²) in [6.07, 6.45) is 4.27. The van der Waals surface area contributed by atoms with Crippen LogP contribution < -0.4 is 0 Å². The van der Waals surface area contributed by atoms with E-state index in [9.17, 15) is 14.4 Å². The Morgan fingerprint density at radius 1 is 1.16 bits per heavy atom. The molecule has 0 bridgehead atoms. The van der Waals surface area contributed by atoms with E-state index in [0.29, 0.717) is 29.8 Å². The lowest BCUT2D eigenvalue weighted by Crippen LogP contribution is -2.55. The zero-order chi connectivity index (χ0) is 22.3. The van der Waals surface area contributed by atoms with Crippen molar-refractivity contribution >= 4 is 46.3 Å². The minimum atomic E-state index is -0.738. The highest BCUT2D eigenvalue weighted by molar-refractivity contribution is 8.14. The number of hydrogen-bond donors (Lipinski definition) is 0. The van der Waals surface area contributed by atoms with Gasteiger partial charge in [0.25, 0.3) is 5.84 Å². The molecule has 1 saturated heterocycles. The first-order valence-electron chi connectivity index (χ1n) is 10.9. The molecule has 4 amide bonds. The number of amides is 4. The van der Waals surface area contributed by atoms with Crippen LogP contribution in [0, 0.1) is 11.8 Å². The quantitative estimate of drug-likeness (QED) is 0.612. The first-order valence-corrected chi connectivity index (χ1v) is 11.9. The highest BCUT2D eigenvalue weighted by atomic mass is 32.2. The molecule has 4 aliphatic rings. The molecule has 4 rings (SSSR count). The number of thioether (sulfide) groups is 1. The summed E-state index contributed by atoms with van der Waals surface area (Å²) in [5.74, 6) is 0.450. The second kappa shape index (κ2) is 8.82. The Labute approximate surface area is 186 Å². The lowest BCUT2D eigenvalue weighted by atomic mass is 10.0. The summed E-state index contributed by atoms with van der Waals surface area (Å²) in [7, 11) is 3.11. The van der Waals surface area contributed by atoms with Gasteiger partial charge >= 0.3 is 11.9 Å². The second-order valence-electron chi connectivity index (χ2n) is 8.78. The number of nitrogens with zero attached hydrogens (tertiary/aromatic N) is 5. The fraction of sp³-hybridized carbons (Fsp3) is 0.714. The maximum Gasteiger partial charge on any atom is 0.445 e. The Balaban J connectivity index is 1.58. The Morgan fingerprint density at radius 2 is 1.81 bits per heavy atom. The van der Waals surface area contributed by atoms with Gasteiger partial charge in [0.2, 0.25) is 11.7 Å². The van der Waals surface area contributed by atoms with Crippen LogP contribution in [0.2, 0.25) is 0 Å². The van der Waals surface area contributed by atoms with Gasteiger partial charge in [-0.05, 0) is 26.7 Å². The number of ether oxygens (including phenoxy) is 1. The van der Waals surface area contributed by atoms with Gasteiger partial charge in [0, 0.05) is 19.0 Å². The fourth-order valence-corrected chi connectivity index (χ4v) is 5.67. The number of imide groups is 1. The van der Waals surface area contributed by atoms with E-state index in [1.54, 1.807) is 7.05 Å². The molecule has 0 aromatic carbocycles. The molecular formula is C21H30N5O4S+. The van der Waals surface area contributed by atoms with Gasteiger partial charge in [0.15, 0.2) is 5.92 Å². The van der Waals surface area contributed by atoms with Gasteiger partial charge in [-0.15, -0.1) is 0 Å². The summed E-state index contributed by atoms with van der Waals surface area (Å²) in [6.45, 7) is 5.04. The maximum absolute atomic E-state index is 13.0. The van der Waals surface area contributed by atoms with E-state index in [1.807, 2.05) is 18.7 Å². The largest absolute Gasteiger partial charge is 0.445 e. The zero-order valence-corrected chi connectivity index (χ0v) is 19.4. The van der Waals surface area contributed by atoms with E-state index in [0.717, 1.165) is 30.6 Å². The Morgan fingerprint density at radius 3 is 2.45 bits per heavy atom. The Kier molecular flexibility index (Phi) is 6.30. The van der Waals surface area contributed by atoms with Gasteiger partial charge in [-0.3, -0.25) is 9.59 Å². The van der Waals surface area contributed by atoms with Crippen molar-refractivity contribution < 1.29 is 23.7 Å². The van der Waals surface area contributed by atoms with E-state index in [4.69, 9.17) is 9.73 Å². The molecule has 0 aromatic rings. The highest BCUT2D eigenvalue weighted by Gasteiger charge is 2.50. The minimum Gasteiger partial charge on any atom is -0.372 e. The van der Waals surface area contributed by atoms with Gasteiger partial charge in [-0.25, -0.2) is 9.79 Å². The second-order valence-corrected chi connectivity index (χ2v) is 9.77. The van der Waals surface area contributed by atoms with Gasteiger partial charge in [-0.1, -0.05) is 29.6 Å². The summed E-state index contributed by atoms with van der Waals surface area (Å²) in [4.78, 5) is 50.7. The summed E-state index contributed by atoms with van der Waals surface area (Å²) in [6, 6.07) is -0.399. The van der Waals surface area contributed by atoms with Crippen LogP contribution in [0.15, 0.2) is 9.98 Å². The van der Waals surface area contributed by atoms with Crippen LogP contribution in [-0.4, -0.2) is 94.1 Å². The van der Waals surface area contributed by atoms with Crippen molar-refractivity contribution in [2.24, 2.45) is 21.8 Å². The fourth-order valence-electron chi connectivity index (χ4n) is 4.68.